The van der Waals surface area contributed by atoms with Gasteiger partial charge in [0, 0.05) is 6.54 Å². The third-order valence-corrected chi connectivity index (χ3v) is 3.68. The lowest BCUT2D eigenvalue weighted by atomic mass is 9.95. The van der Waals surface area contributed by atoms with Gasteiger partial charge in [-0.3, -0.25) is 9.69 Å². The molecule has 0 amide bonds. The van der Waals surface area contributed by atoms with Crippen molar-refractivity contribution in [3.63, 3.8) is 0 Å². The van der Waals surface area contributed by atoms with Gasteiger partial charge in [-0.15, -0.1) is 0 Å². The number of hydrogen-bond acceptors (Lipinski definition) is 5. The maximum atomic E-state index is 12.3. The second-order valence-corrected chi connectivity index (χ2v) is 5.26. The molecular formula is C19H20N2O3. The van der Waals surface area contributed by atoms with Crippen LogP contribution in [0.2, 0.25) is 0 Å². The Bertz CT molecular complexity index is 683. The topological polar surface area (TPSA) is 73.6 Å². The minimum atomic E-state index is -1.05. The summed E-state index contributed by atoms with van der Waals surface area (Å²) in [4.78, 5) is 13.7. The Kier molecular flexibility index (Phi) is 6.35. The third kappa shape index (κ3) is 4.34. The Labute approximate surface area is 141 Å². The van der Waals surface area contributed by atoms with Gasteiger partial charge in [-0.1, -0.05) is 48.5 Å². The monoisotopic (exact) mass is 324 g/mol. The van der Waals surface area contributed by atoms with E-state index in [1.807, 2.05) is 24.3 Å². The quantitative estimate of drug-likeness (QED) is 0.481. The van der Waals surface area contributed by atoms with E-state index >= 15 is 0 Å². The number of nitrogens with zero attached hydrogens (tertiary/aromatic N) is 2. The number of aliphatic hydroxyl groups excluding tert-OH is 1. The summed E-state index contributed by atoms with van der Waals surface area (Å²) in [6, 6.07) is 17.9. The number of para-hydroxylation sites is 1. The molecule has 0 radical (unpaired) electrons. The number of carbonyl (C=O) groups excluding carboxylic acids is 1. The number of rotatable bonds is 7. The molecule has 2 rings (SSSR count). The Morgan fingerprint density at radius 3 is 2.29 bits per heavy atom. The summed E-state index contributed by atoms with van der Waals surface area (Å²) in [5.74, 6) is -1.39. The van der Waals surface area contributed by atoms with E-state index in [9.17, 15) is 15.2 Å². The first-order valence-electron chi connectivity index (χ1n) is 7.79. The molecule has 5 heteroatoms. The predicted molar refractivity (Wildman–Crippen MR) is 90.9 cm³/mol. The van der Waals surface area contributed by atoms with Crippen LogP contribution in [0.15, 0.2) is 60.7 Å². The number of benzene rings is 2. The van der Waals surface area contributed by atoms with Crippen LogP contribution in [-0.4, -0.2) is 24.2 Å². The number of ether oxygens (including phenoxy) is 1. The molecule has 0 bridgehead atoms. The molecule has 24 heavy (non-hydrogen) atoms. The second kappa shape index (κ2) is 8.70. The zero-order valence-corrected chi connectivity index (χ0v) is 13.5. The summed E-state index contributed by atoms with van der Waals surface area (Å²) in [5.41, 5.74) is 1.27. The van der Waals surface area contributed by atoms with Crippen molar-refractivity contribution in [2.24, 2.45) is 5.92 Å². The lowest BCUT2D eigenvalue weighted by Gasteiger charge is -2.26. The first-order chi connectivity index (χ1) is 11.7. The van der Waals surface area contributed by atoms with Crippen LogP contribution in [-0.2, 0) is 9.53 Å². The average molecular weight is 324 g/mol. The van der Waals surface area contributed by atoms with E-state index in [2.05, 4.69) is 6.19 Å². The molecular weight excluding hydrogens is 304 g/mol. The van der Waals surface area contributed by atoms with Gasteiger partial charge in [-0.05, 0) is 24.6 Å². The Morgan fingerprint density at radius 1 is 1.17 bits per heavy atom. The predicted octanol–water partition coefficient (Wildman–Crippen LogP) is 2.89. The smallest absolute Gasteiger partial charge is 0.313 e. The summed E-state index contributed by atoms with van der Waals surface area (Å²) in [6.07, 6.45) is 1.02. The van der Waals surface area contributed by atoms with Crippen LogP contribution in [0.25, 0.3) is 0 Å². The zero-order chi connectivity index (χ0) is 17.4. The van der Waals surface area contributed by atoms with Crippen molar-refractivity contribution in [3.8, 4) is 6.19 Å². The van der Waals surface area contributed by atoms with Crippen LogP contribution in [0.5, 0.6) is 0 Å². The Hall–Kier alpha value is -2.84. The van der Waals surface area contributed by atoms with E-state index in [1.54, 1.807) is 43.3 Å². The van der Waals surface area contributed by atoms with Gasteiger partial charge in [0.25, 0.3) is 0 Å². The number of nitriles is 1. The van der Waals surface area contributed by atoms with Gasteiger partial charge in [-0.2, -0.15) is 5.26 Å². The fourth-order valence-electron chi connectivity index (χ4n) is 2.44. The maximum absolute atomic E-state index is 12.3. The summed E-state index contributed by atoms with van der Waals surface area (Å²) < 4.78 is 5.09. The van der Waals surface area contributed by atoms with Gasteiger partial charge in [0.2, 0.25) is 0 Å². The third-order valence-electron chi connectivity index (χ3n) is 3.68. The fraction of sp³-hybridized carbons (Fsp3) is 0.263. The van der Waals surface area contributed by atoms with Crippen LogP contribution in [0.1, 0.15) is 18.6 Å². The zero-order valence-electron chi connectivity index (χ0n) is 13.5. The molecule has 0 aliphatic carbocycles. The Morgan fingerprint density at radius 2 is 1.75 bits per heavy atom. The van der Waals surface area contributed by atoms with Crippen molar-refractivity contribution in [2.45, 2.75) is 13.0 Å². The highest BCUT2D eigenvalue weighted by Crippen LogP contribution is 2.26. The van der Waals surface area contributed by atoms with E-state index in [0.717, 1.165) is 0 Å². The van der Waals surface area contributed by atoms with Crippen molar-refractivity contribution >= 4 is 11.7 Å². The van der Waals surface area contributed by atoms with Crippen molar-refractivity contribution in [2.75, 3.05) is 18.1 Å². The van der Waals surface area contributed by atoms with Crippen molar-refractivity contribution < 1.29 is 14.6 Å². The van der Waals surface area contributed by atoms with Crippen molar-refractivity contribution in [1.29, 1.82) is 5.26 Å². The molecule has 0 fully saturated rings. The number of esters is 1. The van der Waals surface area contributed by atoms with Gasteiger partial charge >= 0.3 is 5.97 Å². The van der Waals surface area contributed by atoms with E-state index in [4.69, 9.17) is 4.74 Å². The van der Waals surface area contributed by atoms with E-state index < -0.39 is 18.0 Å². The summed E-state index contributed by atoms with van der Waals surface area (Å²) >= 11 is 0. The van der Waals surface area contributed by atoms with Crippen LogP contribution in [0.4, 0.5) is 5.69 Å². The molecule has 0 aliphatic rings. The van der Waals surface area contributed by atoms with Crippen LogP contribution >= 0.6 is 0 Å². The summed E-state index contributed by atoms with van der Waals surface area (Å²) in [7, 11) is 0. The van der Waals surface area contributed by atoms with Crippen LogP contribution in [0.3, 0.4) is 0 Å². The molecule has 2 aromatic carbocycles. The van der Waals surface area contributed by atoms with E-state index in [0.29, 0.717) is 11.3 Å². The molecule has 2 unspecified atom stereocenters. The largest absolute Gasteiger partial charge is 0.466 e. The highest BCUT2D eigenvalue weighted by Gasteiger charge is 2.31. The van der Waals surface area contributed by atoms with Gasteiger partial charge in [-0.25, -0.2) is 0 Å². The average Bonchev–Trinajstić information content (AvgIpc) is 2.64. The second-order valence-electron chi connectivity index (χ2n) is 5.26. The maximum Gasteiger partial charge on any atom is 0.313 e. The first-order valence-corrected chi connectivity index (χ1v) is 7.79. The number of carbonyl (C=O) groups is 1. The molecule has 124 valence electrons. The van der Waals surface area contributed by atoms with Gasteiger partial charge < -0.3 is 9.84 Å². The Balaban J connectivity index is 2.26. The first kappa shape index (κ1) is 17.5. The normalized spacial score (nSPS) is 12.7. The number of anilines is 1. The fourth-order valence-corrected chi connectivity index (χ4v) is 2.44. The minimum Gasteiger partial charge on any atom is -0.466 e. The molecule has 0 spiro atoms. The van der Waals surface area contributed by atoms with Gasteiger partial charge in [0.1, 0.15) is 5.92 Å². The SMILES string of the molecule is CCOC(=O)C(CN(C#N)c1ccccc1)C(O)c1ccccc1. The summed E-state index contributed by atoms with van der Waals surface area (Å²) in [6.45, 7) is 1.97. The molecule has 0 aliphatic heterocycles. The van der Waals surface area contributed by atoms with Crippen molar-refractivity contribution in [1.82, 2.24) is 0 Å². The number of hydrogen-bond donors (Lipinski definition) is 1. The molecule has 0 saturated carbocycles. The molecule has 0 aromatic heterocycles. The van der Waals surface area contributed by atoms with Gasteiger partial charge in [0.15, 0.2) is 6.19 Å². The standard InChI is InChI=1S/C19H20N2O3/c1-2-24-19(23)17(18(22)15-9-5-3-6-10-15)13-21(14-20)16-11-7-4-8-12-16/h3-12,17-18,22H,2,13H2,1H3. The lowest BCUT2D eigenvalue weighted by molar-refractivity contribution is -0.151. The highest BCUT2D eigenvalue weighted by atomic mass is 16.5. The molecule has 2 atom stereocenters. The lowest BCUT2D eigenvalue weighted by Crippen LogP contribution is -2.35. The van der Waals surface area contributed by atoms with Crippen LogP contribution < -0.4 is 4.90 Å². The van der Waals surface area contributed by atoms with Crippen LogP contribution in [0, 0.1) is 17.4 Å². The van der Waals surface area contributed by atoms with Crippen molar-refractivity contribution in [3.05, 3.63) is 66.2 Å². The molecule has 0 saturated heterocycles. The molecule has 1 N–H and O–H groups in total. The molecule has 2 aromatic rings. The van der Waals surface area contributed by atoms with E-state index in [1.165, 1.54) is 4.90 Å². The minimum absolute atomic E-state index is 0.0371. The summed E-state index contributed by atoms with van der Waals surface area (Å²) in [5, 5.41) is 20.1. The highest BCUT2D eigenvalue weighted by molar-refractivity contribution is 5.74. The van der Waals surface area contributed by atoms with E-state index in [-0.39, 0.29) is 13.2 Å². The van der Waals surface area contributed by atoms with Gasteiger partial charge in [0.05, 0.1) is 18.4 Å². The molecule has 5 nitrogen and oxygen atoms in total. The molecule has 0 heterocycles. The number of aliphatic hydroxyl groups is 1.